The van der Waals surface area contributed by atoms with Gasteiger partial charge < -0.3 is 8.83 Å². The number of furan rings is 2. The highest BCUT2D eigenvalue weighted by Gasteiger charge is 2.17. The summed E-state index contributed by atoms with van der Waals surface area (Å²) >= 11 is 0. The summed E-state index contributed by atoms with van der Waals surface area (Å²) in [5.41, 5.74) is 7.94. The molecule has 8 heteroatoms. The highest BCUT2D eigenvalue weighted by atomic mass is 16.3. The van der Waals surface area contributed by atoms with Gasteiger partial charge in [-0.2, -0.15) is 0 Å². The van der Waals surface area contributed by atoms with Gasteiger partial charge in [0.25, 0.3) is 0 Å². The smallest absolute Gasteiger partial charge is 0.159 e. The van der Waals surface area contributed by atoms with E-state index >= 15 is 0 Å². The molecule has 4 aromatic carbocycles. The maximum Gasteiger partial charge on any atom is 0.159 e. The number of pyridine rings is 2. The minimum atomic E-state index is 0.596. The fraction of sp³-hybridized carbons (Fsp3) is 0. The normalized spacial score (nSPS) is 12.1. The van der Waals surface area contributed by atoms with Crippen molar-refractivity contribution in [3.05, 3.63) is 110 Å². The van der Waals surface area contributed by atoms with Crippen molar-refractivity contribution in [1.29, 1.82) is 0 Å². The Morgan fingerprint density at radius 1 is 0.386 bits per heavy atom. The summed E-state index contributed by atoms with van der Waals surface area (Å²) in [5.74, 6) is 1.19. The lowest BCUT2D eigenvalue weighted by Gasteiger charge is -2.11. The van der Waals surface area contributed by atoms with Gasteiger partial charge in [0, 0.05) is 57.5 Å². The molecule has 10 aromatic rings. The molecule has 0 aliphatic carbocycles. The second kappa shape index (κ2) is 8.62. The Kier molecular flexibility index (Phi) is 4.57. The lowest BCUT2D eigenvalue weighted by Crippen LogP contribution is -1.96. The molecule has 0 radical (unpaired) electrons. The summed E-state index contributed by atoms with van der Waals surface area (Å²) in [4.78, 5) is 29.0. The minimum absolute atomic E-state index is 0.596. The van der Waals surface area contributed by atoms with E-state index in [1.165, 1.54) is 0 Å². The Labute approximate surface area is 247 Å². The predicted octanol–water partition coefficient (Wildman–Crippen LogP) is 8.65. The van der Waals surface area contributed by atoms with Crippen molar-refractivity contribution < 1.29 is 8.83 Å². The molecular weight excluding hydrogens is 548 g/mol. The highest BCUT2D eigenvalue weighted by molar-refractivity contribution is 6.23. The van der Waals surface area contributed by atoms with Crippen molar-refractivity contribution in [3.8, 4) is 22.8 Å². The summed E-state index contributed by atoms with van der Waals surface area (Å²) in [5, 5.41) is 5.81. The largest absolute Gasteiger partial charge is 0.454 e. The molecule has 0 bridgehead atoms. The summed E-state index contributed by atoms with van der Waals surface area (Å²) < 4.78 is 12.0. The molecule has 0 saturated heterocycles. The van der Waals surface area contributed by atoms with Gasteiger partial charge in [-0.25, -0.2) is 19.9 Å². The predicted molar refractivity (Wildman–Crippen MR) is 171 cm³/mol. The van der Waals surface area contributed by atoms with Crippen LogP contribution in [0.1, 0.15) is 0 Å². The van der Waals surface area contributed by atoms with Crippen molar-refractivity contribution in [2.75, 3.05) is 0 Å². The van der Waals surface area contributed by atoms with Gasteiger partial charge in [-0.15, -0.1) is 0 Å². The van der Waals surface area contributed by atoms with E-state index in [4.69, 9.17) is 28.8 Å². The van der Waals surface area contributed by atoms with E-state index in [0.717, 1.165) is 87.8 Å². The molecular formula is C36H18N6O2. The molecule has 44 heavy (non-hydrogen) atoms. The van der Waals surface area contributed by atoms with Crippen LogP contribution in [0.15, 0.2) is 119 Å². The molecule has 0 aliphatic heterocycles. The van der Waals surface area contributed by atoms with Crippen molar-refractivity contribution in [1.82, 2.24) is 29.9 Å². The molecule has 0 amide bonds. The molecule has 0 N–H and O–H groups in total. The number of fused-ring (bicyclic) bond motifs is 12. The summed E-state index contributed by atoms with van der Waals surface area (Å²) in [6.45, 7) is 0. The number of hydrogen-bond donors (Lipinski definition) is 0. The van der Waals surface area contributed by atoms with Gasteiger partial charge in [0.15, 0.2) is 22.8 Å². The maximum atomic E-state index is 5.99. The number of nitrogens with zero attached hydrogens (tertiary/aromatic N) is 6. The lowest BCUT2D eigenvalue weighted by atomic mass is 10.0. The van der Waals surface area contributed by atoms with Crippen LogP contribution in [0.2, 0.25) is 0 Å². The van der Waals surface area contributed by atoms with Gasteiger partial charge in [-0.1, -0.05) is 24.3 Å². The summed E-state index contributed by atoms with van der Waals surface area (Å²) in [7, 11) is 0. The Morgan fingerprint density at radius 3 is 1.39 bits per heavy atom. The minimum Gasteiger partial charge on any atom is -0.454 e. The van der Waals surface area contributed by atoms with E-state index in [0.29, 0.717) is 11.6 Å². The molecule has 0 saturated carbocycles. The van der Waals surface area contributed by atoms with Crippen LogP contribution in [0.25, 0.3) is 99.5 Å². The highest BCUT2D eigenvalue weighted by Crippen LogP contribution is 2.36. The monoisotopic (exact) mass is 566 g/mol. The van der Waals surface area contributed by atoms with Gasteiger partial charge in [-0.3, -0.25) is 9.97 Å². The van der Waals surface area contributed by atoms with E-state index in [9.17, 15) is 0 Å². The summed E-state index contributed by atoms with van der Waals surface area (Å²) in [6, 6.07) is 27.8. The molecule has 0 fully saturated rings. The molecule has 10 rings (SSSR count). The first-order valence-electron chi connectivity index (χ1n) is 14.2. The van der Waals surface area contributed by atoms with Crippen molar-refractivity contribution in [3.63, 3.8) is 0 Å². The average molecular weight is 567 g/mol. The number of hydrogen-bond acceptors (Lipinski definition) is 8. The Bertz CT molecular complexity index is 2610. The molecule has 6 heterocycles. The quantitative estimate of drug-likeness (QED) is 0.192. The standard InChI is InChI=1S/C36H18N6O2/c1-2-6-22-21(5-1)25-17-39-35(19-9-11-27-23(15-19)31-29(43-27)7-3-13-37-31)41-33(25)34-26(22)18-40-36(42-34)20-10-12-28-24(16-20)32-30(44-28)8-4-14-38-32/h1-18H. The second-order valence-corrected chi connectivity index (χ2v) is 10.8. The first kappa shape index (κ1) is 23.3. The molecule has 0 aliphatic rings. The first-order chi connectivity index (χ1) is 21.8. The summed E-state index contributed by atoms with van der Waals surface area (Å²) in [6.07, 6.45) is 7.33. The Balaban J connectivity index is 1.22. The first-order valence-corrected chi connectivity index (χ1v) is 14.2. The van der Waals surface area contributed by atoms with Gasteiger partial charge in [0.1, 0.15) is 33.2 Å². The van der Waals surface area contributed by atoms with Gasteiger partial charge in [-0.05, 0) is 71.4 Å². The van der Waals surface area contributed by atoms with Crippen LogP contribution in [0, 0.1) is 0 Å². The molecule has 0 unspecified atom stereocenters. The van der Waals surface area contributed by atoms with E-state index < -0.39 is 0 Å². The van der Waals surface area contributed by atoms with E-state index in [2.05, 4.69) is 22.1 Å². The molecule has 0 spiro atoms. The van der Waals surface area contributed by atoms with Crippen LogP contribution in [0.3, 0.4) is 0 Å². The van der Waals surface area contributed by atoms with Crippen LogP contribution in [0.4, 0.5) is 0 Å². The Hall–Kier alpha value is -6.28. The topological polar surface area (TPSA) is 104 Å². The van der Waals surface area contributed by atoms with E-state index in [1.54, 1.807) is 12.4 Å². The SMILES string of the molecule is c1cnc2c(c1)oc1ccc(-c3ncc4c5ccccc5c5cnc(-c6ccc7oc8cccnc8c7c6)nc5c4n3)cc12. The maximum absolute atomic E-state index is 5.99. The van der Waals surface area contributed by atoms with Gasteiger partial charge in [0.2, 0.25) is 0 Å². The third-order valence-electron chi connectivity index (χ3n) is 8.28. The van der Waals surface area contributed by atoms with Crippen LogP contribution in [0.5, 0.6) is 0 Å². The lowest BCUT2D eigenvalue weighted by molar-refractivity contribution is 0.668. The fourth-order valence-corrected chi connectivity index (χ4v) is 6.22. The molecule has 204 valence electrons. The van der Waals surface area contributed by atoms with Crippen molar-refractivity contribution >= 4 is 76.7 Å². The second-order valence-electron chi connectivity index (χ2n) is 10.8. The van der Waals surface area contributed by atoms with E-state index in [1.807, 2.05) is 85.2 Å². The van der Waals surface area contributed by atoms with Crippen LogP contribution in [-0.4, -0.2) is 29.9 Å². The van der Waals surface area contributed by atoms with Crippen LogP contribution < -0.4 is 0 Å². The fourth-order valence-electron chi connectivity index (χ4n) is 6.22. The van der Waals surface area contributed by atoms with Crippen LogP contribution >= 0.6 is 0 Å². The van der Waals surface area contributed by atoms with E-state index in [-0.39, 0.29) is 0 Å². The Morgan fingerprint density at radius 2 is 0.886 bits per heavy atom. The number of rotatable bonds is 2. The zero-order valence-electron chi connectivity index (χ0n) is 22.9. The average Bonchev–Trinajstić information content (AvgIpc) is 3.65. The molecule has 8 nitrogen and oxygen atoms in total. The van der Waals surface area contributed by atoms with Gasteiger partial charge in [0.05, 0.1) is 0 Å². The molecule has 6 aromatic heterocycles. The van der Waals surface area contributed by atoms with Crippen molar-refractivity contribution in [2.45, 2.75) is 0 Å². The van der Waals surface area contributed by atoms with Crippen molar-refractivity contribution in [2.24, 2.45) is 0 Å². The molecule has 0 atom stereocenters. The number of aromatic nitrogens is 6. The zero-order chi connectivity index (χ0) is 28.8. The third kappa shape index (κ3) is 3.27. The zero-order valence-corrected chi connectivity index (χ0v) is 22.9. The third-order valence-corrected chi connectivity index (χ3v) is 8.28. The van der Waals surface area contributed by atoms with Gasteiger partial charge >= 0.3 is 0 Å². The van der Waals surface area contributed by atoms with Crippen LogP contribution in [-0.2, 0) is 0 Å². The number of benzene rings is 4.